The number of hydrogen-bond donors (Lipinski definition) is 0. The molecule has 2 aromatic carbocycles. The smallest absolute Gasteiger partial charge is 0.243 e. The normalized spacial score (nSPS) is 17.9. The number of benzene rings is 2. The van der Waals surface area contributed by atoms with Gasteiger partial charge in [-0.05, 0) is 61.4 Å². The predicted molar refractivity (Wildman–Crippen MR) is 103 cm³/mol. The number of piperidine rings is 1. The van der Waals surface area contributed by atoms with E-state index >= 15 is 0 Å². The molecular formula is C20H20FN3O4S. The molecule has 9 heteroatoms. The first-order chi connectivity index (χ1) is 14.0. The summed E-state index contributed by atoms with van der Waals surface area (Å²) < 4.78 is 51.0. The third-order valence-corrected chi connectivity index (χ3v) is 6.85. The molecule has 1 saturated heterocycles. The molecule has 0 unspecified atom stereocenters. The minimum Gasteiger partial charge on any atom is -0.497 e. The lowest BCUT2D eigenvalue weighted by Crippen LogP contribution is -2.39. The zero-order valence-electron chi connectivity index (χ0n) is 15.8. The van der Waals surface area contributed by atoms with Crippen LogP contribution in [0, 0.1) is 5.82 Å². The van der Waals surface area contributed by atoms with Crippen molar-refractivity contribution >= 4 is 10.0 Å². The van der Waals surface area contributed by atoms with Crippen LogP contribution in [-0.4, -0.2) is 43.1 Å². The maximum Gasteiger partial charge on any atom is 0.243 e. The van der Waals surface area contributed by atoms with Gasteiger partial charge in [0.15, 0.2) is 0 Å². The monoisotopic (exact) mass is 417 g/mol. The van der Waals surface area contributed by atoms with E-state index in [1.807, 2.05) is 0 Å². The van der Waals surface area contributed by atoms with Crippen molar-refractivity contribution in [2.24, 2.45) is 0 Å². The van der Waals surface area contributed by atoms with Gasteiger partial charge in [0.2, 0.25) is 21.7 Å². The Morgan fingerprint density at radius 1 is 1.14 bits per heavy atom. The second-order valence-corrected chi connectivity index (χ2v) is 8.78. The highest BCUT2D eigenvalue weighted by Gasteiger charge is 2.33. The van der Waals surface area contributed by atoms with Crippen molar-refractivity contribution in [3.05, 3.63) is 60.2 Å². The average molecular weight is 417 g/mol. The number of halogens is 1. The Morgan fingerprint density at radius 2 is 1.86 bits per heavy atom. The van der Waals surface area contributed by atoms with Crippen molar-refractivity contribution in [3.63, 3.8) is 0 Å². The Bertz CT molecular complexity index is 1080. The molecule has 1 atom stereocenters. The van der Waals surface area contributed by atoms with Gasteiger partial charge in [0.05, 0.1) is 17.9 Å². The van der Waals surface area contributed by atoms with Gasteiger partial charge in [-0.2, -0.15) is 9.29 Å². The first-order valence-corrected chi connectivity index (χ1v) is 10.6. The van der Waals surface area contributed by atoms with E-state index in [-0.39, 0.29) is 23.2 Å². The topological polar surface area (TPSA) is 85.5 Å². The highest BCUT2D eigenvalue weighted by Crippen LogP contribution is 2.31. The van der Waals surface area contributed by atoms with Crippen LogP contribution in [0.2, 0.25) is 0 Å². The SMILES string of the molecule is COc1ccc(S(=O)(=O)N2CCC[C@@H](c3nc(-c4ccc(F)cc4)no3)C2)cc1. The van der Waals surface area contributed by atoms with Crippen LogP contribution >= 0.6 is 0 Å². The molecule has 3 aromatic rings. The summed E-state index contributed by atoms with van der Waals surface area (Å²) in [7, 11) is -2.10. The van der Waals surface area contributed by atoms with Crippen LogP contribution in [0.5, 0.6) is 5.75 Å². The van der Waals surface area contributed by atoms with Gasteiger partial charge < -0.3 is 9.26 Å². The fraction of sp³-hybridized carbons (Fsp3) is 0.300. The van der Waals surface area contributed by atoms with Gasteiger partial charge in [0, 0.05) is 18.7 Å². The second kappa shape index (κ2) is 7.92. The molecule has 0 spiro atoms. The lowest BCUT2D eigenvalue weighted by molar-refractivity contribution is 0.265. The average Bonchev–Trinajstić information content (AvgIpc) is 3.25. The van der Waals surface area contributed by atoms with Crippen molar-refractivity contribution in [1.29, 1.82) is 0 Å². The molecule has 0 radical (unpaired) electrons. The molecule has 2 heterocycles. The number of methoxy groups -OCH3 is 1. The Balaban J connectivity index is 1.53. The van der Waals surface area contributed by atoms with Gasteiger partial charge in [-0.15, -0.1) is 0 Å². The van der Waals surface area contributed by atoms with E-state index in [0.717, 1.165) is 6.42 Å². The van der Waals surface area contributed by atoms with E-state index in [9.17, 15) is 12.8 Å². The quantitative estimate of drug-likeness (QED) is 0.632. The summed E-state index contributed by atoms with van der Waals surface area (Å²) in [6.45, 7) is 0.698. The van der Waals surface area contributed by atoms with Crippen molar-refractivity contribution < 1.29 is 22.1 Å². The van der Waals surface area contributed by atoms with E-state index in [1.54, 1.807) is 24.3 Å². The first-order valence-electron chi connectivity index (χ1n) is 9.21. The van der Waals surface area contributed by atoms with Crippen LogP contribution < -0.4 is 4.74 Å². The van der Waals surface area contributed by atoms with Crippen LogP contribution in [0.1, 0.15) is 24.7 Å². The lowest BCUT2D eigenvalue weighted by atomic mass is 10.00. The fourth-order valence-corrected chi connectivity index (χ4v) is 4.90. The summed E-state index contributed by atoms with van der Waals surface area (Å²) in [5, 5.41) is 3.97. The Morgan fingerprint density at radius 3 is 2.55 bits per heavy atom. The van der Waals surface area contributed by atoms with Gasteiger partial charge >= 0.3 is 0 Å². The van der Waals surface area contributed by atoms with Crippen LogP contribution in [0.25, 0.3) is 11.4 Å². The zero-order valence-corrected chi connectivity index (χ0v) is 16.6. The molecule has 1 fully saturated rings. The molecule has 1 aliphatic rings. The molecule has 152 valence electrons. The Labute approximate surface area is 168 Å². The molecule has 0 saturated carbocycles. The Kier molecular flexibility index (Phi) is 5.33. The van der Waals surface area contributed by atoms with Gasteiger partial charge in [-0.1, -0.05) is 5.16 Å². The highest BCUT2D eigenvalue weighted by atomic mass is 32.2. The molecular weight excluding hydrogens is 397 g/mol. The number of rotatable bonds is 5. The maximum atomic E-state index is 13.1. The van der Waals surface area contributed by atoms with Gasteiger partial charge in [-0.25, -0.2) is 12.8 Å². The molecule has 0 bridgehead atoms. The van der Waals surface area contributed by atoms with Crippen LogP contribution in [-0.2, 0) is 10.0 Å². The van der Waals surface area contributed by atoms with Gasteiger partial charge in [0.1, 0.15) is 11.6 Å². The summed E-state index contributed by atoms with van der Waals surface area (Å²) in [4.78, 5) is 4.63. The summed E-state index contributed by atoms with van der Waals surface area (Å²) in [6, 6.07) is 12.1. The zero-order chi connectivity index (χ0) is 20.4. The van der Waals surface area contributed by atoms with E-state index < -0.39 is 10.0 Å². The summed E-state index contributed by atoms with van der Waals surface area (Å²) in [6.07, 6.45) is 1.44. The molecule has 0 amide bonds. The lowest BCUT2D eigenvalue weighted by Gasteiger charge is -2.30. The van der Waals surface area contributed by atoms with Crippen LogP contribution in [0.4, 0.5) is 4.39 Å². The minimum absolute atomic E-state index is 0.196. The van der Waals surface area contributed by atoms with E-state index in [0.29, 0.717) is 36.0 Å². The summed E-state index contributed by atoms with van der Waals surface area (Å²) in [5.41, 5.74) is 0.639. The number of aromatic nitrogens is 2. The molecule has 1 aliphatic heterocycles. The minimum atomic E-state index is -3.63. The standard InChI is InChI=1S/C20H20FN3O4S/c1-27-17-8-10-18(11-9-17)29(25,26)24-12-2-3-15(13-24)20-22-19(23-28-20)14-4-6-16(21)7-5-14/h4-11,15H,2-3,12-13H2,1H3/t15-/m1/s1. The highest BCUT2D eigenvalue weighted by molar-refractivity contribution is 7.89. The van der Waals surface area contributed by atoms with E-state index in [4.69, 9.17) is 9.26 Å². The van der Waals surface area contributed by atoms with Crippen molar-refractivity contribution in [2.45, 2.75) is 23.7 Å². The predicted octanol–water partition coefficient (Wildman–Crippen LogP) is 3.45. The number of nitrogens with zero attached hydrogens (tertiary/aromatic N) is 3. The summed E-state index contributed by atoms with van der Waals surface area (Å²) >= 11 is 0. The third-order valence-electron chi connectivity index (χ3n) is 4.97. The number of sulfonamides is 1. The fourth-order valence-electron chi connectivity index (χ4n) is 3.38. The molecule has 29 heavy (non-hydrogen) atoms. The number of hydrogen-bond acceptors (Lipinski definition) is 6. The van der Waals surface area contributed by atoms with Crippen molar-refractivity contribution in [3.8, 4) is 17.1 Å². The Hall–Kier alpha value is -2.78. The van der Waals surface area contributed by atoms with Gasteiger partial charge in [-0.3, -0.25) is 0 Å². The molecule has 7 nitrogen and oxygen atoms in total. The molecule has 0 aliphatic carbocycles. The van der Waals surface area contributed by atoms with Crippen LogP contribution in [0.15, 0.2) is 57.9 Å². The van der Waals surface area contributed by atoms with Crippen molar-refractivity contribution in [2.75, 3.05) is 20.2 Å². The van der Waals surface area contributed by atoms with Crippen molar-refractivity contribution in [1.82, 2.24) is 14.4 Å². The second-order valence-electron chi connectivity index (χ2n) is 6.84. The molecule has 0 N–H and O–H groups in total. The molecule has 4 rings (SSSR count). The number of ether oxygens (including phenoxy) is 1. The summed E-state index contributed by atoms with van der Waals surface area (Å²) in [5.74, 6) is 0.802. The van der Waals surface area contributed by atoms with E-state index in [1.165, 1.54) is 35.7 Å². The largest absolute Gasteiger partial charge is 0.497 e. The van der Waals surface area contributed by atoms with E-state index in [2.05, 4.69) is 10.1 Å². The van der Waals surface area contributed by atoms with Gasteiger partial charge in [0.25, 0.3) is 0 Å². The maximum absolute atomic E-state index is 13.1. The molecule has 1 aromatic heterocycles. The van der Waals surface area contributed by atoms with Crippen LogP contribution in [0.3, 0.4) is 0 Å². The third kappa shape index (κ3) is 4.01. The first kappa shape index (κ1) is 19.5.